The van der Waals surface area contributed by atoms with E-state index in [1.807, 2.05) is 47.7 Å². The van der Waals surface area contributed by atoms with E-state index in [-0.39, 0.29) is 0 Å². The molecule has 5 heteroatoms. The van der Waals surface area contributed by atoms with Gasteiger partial charge in [0.15, 0.2) is 17.5 Å². The maximum atomic E-state index is 5.30. The molecule has 0 spiro atoms. The Labute approximate surface area is 314 Å². The molecule has 250 valence electrons. The van der Waals surface area contributed by atoms with Crippen LogP contribution in [0.4, 0.5) is 0 Å². The molecular weight excluding hydrogens is 677 g/mol. The number of rotatable bonds is 4. The second kappa shape index (κ2) is 11.3. The van der Waals surface area contributed by atoms with Crippen molar-refractivity contribution in [3.63, 3.8) is 0 Å². The van der Waals surface area contributed by atoms with Crippen LogP contribution in [-0.4, -0.2) is 19.5 Å². The Morgan fingerprint density at radius 3 is 1.80 bits per heavy atom. The van der Waals surface area contributed by atoms with E-state index in [2.05, 4.69) is 138 Å². The van der Waals surface area contributed by atoms with E-state index in [1.165, 1.54) is 69.4 Å². The number of nitrogens with zero attached hydrogens (tertiary/aromatic N) is 4. The number of benzene rings is 8. The van der Waals surface area contributed by atoms with Gasteiger partial charge in [-0.1, -0.05) is 146 Å². The first-order valence-electron chi connectivity index (χ1n) is 18.2. The summed E-state index contributed by atoms with van der Waals surface area (Å²) in [7, 11) is 0. The summed E-state index contributed by atoms with van der Waals surface area (Å²) in [5.74, 6) is 1.95. The third-order valence-electron chi connectivity index (χ3n) is 11.0. The zero-order valence-corrected chi connectivity index (χ0v) is 29.7. The summed E-state index contributed by atoms with van der Waals surface area (Å²) >= 11 is 1.87. The average molecular weight is 705 g/mol. The Bertz CT molecular complexity index is 3260. The van der Waals surface area contributed by atoms with Gasteiger partial charge < -0.3 is 4.57 Å². The quantitative estimate of drug-likeness (QED) is 0.183. The van der Waals surface area contributed by atoms with E-state index >= 15 is 0 Å². The highest BCUT2D eigenvalue weighted by atomic mass is 32.1. The van der Waals surface area contributed by atoms with Crippen molar-refractivity contribution < 1.29 is 0 Å². The van der Waals surface area contributed by atoms with Crippen LogP contribution in [0.5, 0.6) is 0 Å². The molecule has 0 aliphatic heterocycles. The smallest absolute Gasteiger partial charge is 0.164 e. The lowest BCUT2D eigenvalue weighted by molar-refractivity contribution is 1.07. The molecule has 0 N–H and O–H groups in total. The number of thiophene rings is 1. The van der Waals surface area contributed by atoms with Crippen molar-refractivity contribution in [2.75, 3.05) is 0 Å². The van der Waals surface area contributed by atoms with Gasteiger partial charge in [0.05, 0.1) is 15.7 Å². The molecule has 0 radical (unpaired) electrons. The number of para-hydroxylation sites is 1. The van der Waals surface area contributed by atoms with Gasteiger partial charge in [-0.05, 0) is 51.7 Å². The van der Waals surface area contributed by atoms with Crippen molar-refractivity contribution in [1.82, 2.24) is 19.5 Å². The summed E-state index contributed by atoms with van der Waals surface area (Å²) in [6.45, 7) is 0. The largest absolute Gasteiger partial charge is 0.308 e. The van der Waals surface area contributed by atoms with E-state index in [1.54, 1.807) is 0 Å². The highest BCUT2D eigenvalue weighted by molar-refractivity contribution is 7.26. The second-order valence-electron chi connectivity index (χ2n) is 14.0. The van der Waals surface area contributed by atoms with Crippen molar-refractivity contribution in [1.29, 1.82) is 0 Å². The van der Waals surface area contributed by atoms with E-state index in [0.29, 0.717) is 17.5 Å². The van der Waals surface area contributed by atoms with Crippen molar-refractivity contribution in [2.45, 2.75) is 0 Å². The van der Waals surface area contributed by atoms with Crippen molar-refractivity contribution >= 4 is 64.1 Å². The molecule has 0 saturated carbocycles. The molecule has 1 aliphatic carbocycles. The minimum absolute atomic E-state index is 0.649. The Kier molecular flexibility index (Phi) is 6.18. The first-order valence-corrected chi connectivity index (χ1v) is 19.0. The third kappa shape index (κ3) is 4.21. The Balaban J connectivity index is 1.23. The van der Waals surface area contributed by atoms with Crippen LogP contribution in [0, 0.1) is 0 Å². The first-order chi connectivity index (χ1) is 26.8. The van der Waals surface area contributed by atoms with Crippen LogP contribution in [-0.2, 0) is 0 Å². The molecule has 0 bridgehead atoms. The fourth-order valence-electron chi connectivity index (χ4n) is 8.64. The van der Waals surface area contributed by atoms with Crippen LogP contribution in [0.1, 0.15) is 0 Å². The third-order valence-corrected chi connectivity index (χ3v) is 12.2. The van der Waals surface area contributed by atoms with Crippen molar-refractivity contribution in [3.05, 3.63) is 170 Å². The minimum Gasteiger partial charge on any atom is -0.308 e. The van der Waals surface area contributed by atoms with Gasteiger partial charge in [0, 0.05) is 54.2 Å². The van der Waals surface area contributed by atoms with Crippen LogP contribution in [0.25, 0.3) is 115 Å². The van der Waals surface area contributed by atoms with Crippen molar-refractivity contribution in [2.24, 2.45) is 0 Å². The molecular formula is C49H28N4S. The molecule has 0 atom stereocenters. The normalized spacial score (nSPS) is 12.1. The SMILES string of the molecule is c1ccc(-c2nc(-c3ccccc3)nc(-c3cc(-n4c5ccccc5c5ccc6c7ccccc7sc6c54)cc4c3-c3cccc5cccc-4c35)n2)cc1. The van der Waals surface area contributed by atoms with E-state index < -0.39 is 0 Å². The molecule has 12 rings (SSSR count). The highest BCUT2D eigenvalue weighted by Gasteiger charge is 2.28. The van der Waals surface area contributed by atoms with Gasteiger partial charge in [0.1, 0.15) is 0 Å². The molecule has 4 nitrogen and oxygen atoms in total. The van der Waals surface area contributed by atoms with Crippen LogP contribution < -0.4 is 0 Å². The molecule has 11 aromatic rings. The number of hydrogen-bond donors (Lipinski definition) is 0. The maximum absolute atomic E-state index is 5.30. The molecule has 3 aromatic heterocycles. The maximum Gasteiger partial charge on any atom is 0.164 e. The summed E-state index contributed by atoms with van der Waals surface area (Å²) in [6, 6.07) is 60.6. The van der Waals surface area contributed by atoms with Gasteiger partial charge in [-0.2, -0.15) is 0 Å². The van der Waals surface area contributed by atoms with E-state index in [0.717, 1.165) is 27.9 Å². The predicted molar refractivity (Wildman–Crippen MR) is 225 cm³/mol. The van der Waals surface area contributed by atoms with Crippen molar-refractivity contribution in [3.8, 4) is 62.1 Å². The Morgan fingerprint density at radius 1 is 0.426 bits per heavy atom. The molecule has 0 unspecified atom stereocenters. The van der Waals surface area contributed by atoms with E-state index in [4.69, 9.17) is 15.0 Å². The summed E-state index contributed by atoms with van der Waals surface area (Å²) in [6.07, 6.45) is 0. The lowest BCUT2D eigenvalue weighted by Crippen LogP contribution is -2.02. The molecule has 54 heavy (non-hydrogen) atoms. The highest BCUT2D eigenvalue weighted by Crippen LogP contribution is 2.52. The molecule has 3 heterocycles. The zero-order chi connectivity index (χ0) is 35.3. The zero-order valence-electron chi connectivity index (χ0n) is 28.9. The summed E-state index contributed by atoms with van der Waals surface area (Å²) in [5, 5.41) is 7.54. The van der Waals surface area contributed by atoms with Gasteiger partial charge in [0.25, 0.3) is 0 Å². The second-order valence-corrected chi connectivity index (χ2v) is 15.0. The fraction of sp³-hybridized carbons (Fsp3) is 0. The number of fused-ring (bicyclic) bond motifs is 10. The average Bonchev–Trinajstić information content (AvgIpc) is 3.90. The lowest BCUT2D eigenvalue weighted by atomic mass is 9.96. The predicted octanol–water partition coefficient (Wildman–Crippen LogP) is 13.1. The molecule has 1 aliphatic rings. The molecule has 0 saturated heterocycles. The van der Waals surface area contributed by atoms with Crippen LogP contribution in [0.15, 0.2) is 170 Å². The Hall–Kier alpha value is -6.95. The van der Waals surface area contributed by atoms with Gasteiger partial charge in [-0.25, -0.2) is 15.0 Å². The number of aromatic nitrogens is 4. The summed E-state index contributed by atoms with van der Waals surface area (Å²) < 4.78 is 5.06. The van der Waals surface area contributed by atoms with Gasteiger partial charge in [-0.15, -0.1) is 11.3 Å². The van der Waals surface area contributed by atoms with E-state index in [9.17, 15) is 0 Å². The molecule has 8 aromatic carbocycles. The first kappa shape index (κ1) is 29.6. The standard InChI is InChI=1S/C49H28N4S/c1-3-13-30(14-4-1)47-50-48(31-15-5-2-6-16-31)52-49(51-47)40-28-32(27-39-35-21-11-17-29-18-12-22-38(43(29)35)44(39)40)53-41-23-9-7-19-33(41)36-25-26-37-34-20-8-10-24-42(34)54-46(37)45(36)53/h1-28H. The van der Waals surface area contributed by atoms with Gasteiger partial charge in [-0.3, -0.25) is 0 Å². The number of hydrogen-bond acceptors (Lipinski definition) is 4. The fourth-order valence-corrected chi connectivity index (χ4v) is 9.88. The summed E-state index contributed by atoms with van der Waals surface area (Å²) in [5.41, 5.74) is 11.1. The van der Waals surface area contributed by atoms with Gasteiger partial charge >= 0.3 is 0 Å². The van der Waals surface area contributed by atoms with Crippen LogP contribution in [0.2, 0.25) is 0 Å². The topological polar surface area (TPSA) is 43.6 Å². The molecule has 0 amide bonds. The van der Waals surface area contributed by atoms with Crippen LogP contribution >= 0.6 is 11.3 Å². The summed E-state index contributed by atoms with van der Waals surface area (Å²) in [4.78, 5) is 15.7. The Morgan fingerprint density at radius 2 is 1.04 bits per heavy atom. The van der Waals surface area contributed by atoms with Gasteiger partial charge in [0.2, 0.25) is 0 Å². The lowest BCUT2D eigenvalue weighted by Gasteiger charge is -2.16. The monoisotopic (exact) mass is 704 g/mol. The van der Waals surface area contributed by atoms with Crippen LogP contribution in [0.3, 0.4) is 0 Å². The minimum atomic E-state index is 0.649. The molecule has 0 fully saturated rings.